The Morgan fingerprint density at radius 2 is 2.19 bits per heavy atom. The molecule has 1 aromatic carbocycles. The second kappa shape index (κ2) is 6.39. The van der Waals surface area contributed by atoms with E-state index in [0.717, 1.165) is 31.6 Å². The molecule has 2 rings (SSSR count). The van der Waals surface area contributed by atoms with Crippen LogP contribution in [0.15, 0.2) is 12.1 Å². The largest absolute Gasteiger partial charge is 0.396 e. The molecule has 1 amide bonds. The number of halogens is 2. The molecular formula is C15H21F2N3O. The van der Waals surface area contributed by atoms with Crippen molar-refractivity contribution < 1.29 is 13.6 Å². The smallest absolute Gasteiger partial charge is 0.254 e. The zero-order valence-electron chi connectivity index (χ0n) is 12.3. The number of hydrogen-bond donors (Lipinski definition) is 2. The van der Waals surface area contributed by atoms with Gasteiger partial charge < -0.3 is 16.0 Å². The van der Waals surface area contributed by atoms with Gasteiger partial charge in [0.25, 0.3) is 5.91 Å². The third-order valence-electron chi connectivity index (χ3n) is 3.91. The van der Waals surface area contributed by atoms with Crippen LogP contribution in [0.2, 0.25) is 0 Å². The van der Waals surface area contributed by atoms with Crippen molar-refractivity contribution in [2.45, 2.75) is 26.3 Å². The molecule has 4 nitrogen and oxygen atoms in total. The molecule has 1 aliphatic rings. The average Bonchev–Trinajstić information content (AvgIpc) is 2.89. The van der Waals surface area contributed by atoms with Gasteiger partial charge in [-0.1, -0.05) is 0 Å². The van der Waals surface area contributed by atoms with Crippen LogP contribution in [-0.2, 0) is 0 Å². The number of nitrogens with zero attached hydrogens (tertiary/aromatic N) is 1. The first-order chi connectivity index (χ1) is 9.88. The summed E-state index contributed by atoms with van der Waals surface area (Å²) in [5.74, 6) is -1.87. The Bertz CT molecular complexity index is 534. The average molecular weight is 297 g/mol. The predicted octanol–water partition coefficient (Wildman–Crippen LogP) is 2.01. The number of nitrogen functional groups attached to an aromatic ring is 1. The van der Waals surface area contributed by atoms with E-state index in [9.17, 15) is 13.6 Å². The molecule has 1 heterocycles. The van der Waals surface area contributed by atoms with E-state index in [1.807, 2.05) is 0 Å². The van der Waals surface area contributed by atoms with Crippen LogP contribution in [0.3, 0.4) is 0 Å². The van der Waals surface area contributed by atoms with Crippen molar-refractivity contribution in [1.82, 2.24) is 10.2 Å². The van der Waals surface area contributed by atoms with Crippen LogP contribution in [0.4, 0.5) is 14.5 Å². The number of benzene rings is 1. The second-order valence-corrected chi connectivity index (χ2v) is 5.81. The quantitative estimate of drug-likeness (QED) is 0.836. The summed E-state index contributed by atoms with van der Waals surface area (Å²) < 4.78 is 27.0. The number of nitrogens with one attached hydrogen (secondary N) is 1. The molecule has 0 saturated carbocycles. The molecule has 0 spiro atoms. The molecule has 0 radical (unpaired) electrons. The Labute approximate surface area is 123 Å². The van der Waals surface area contributed by atoms with Crippen molar-refractivity contribution in [1.29, 1.82) is 0 Å². The van der Waals surface area contributed by atoms with Gasteiger partial charge in [0.2, 0.25) is 0 Å². The van der Waals surface area contributed by atoms with Crippen molar-refractivity contribution in [2.24, 2.45) is 5.92 Å². The van der Waals surface area contributed by atoms with Gasteiger partial charge >= 0.3 is 0 Å². The maximum absolute atomic E-state index is 13.7. The first-order valence-electron chi connectivity index (χ1n) is 7.15. The Morgan fingerprint density at radius 3 is 2.81 bits per heavy atom. The summed E-state index contributed by atoms with van der Waals surface area (Å²) in [4.78, 5) is 14.3. The first kappa shape index (κ1) is 15.7. The molecule has 1 aromatic rings. The van der Waals surface area contributed by atoms with Crippen molar-refractivity contribution in [2.75, 3.05) is 25.4 Å². The minimum Gasteiger partial charge on any atom is -0.396 e. The molecule has 0 aliphatic carbocycles. The van der Waals surface area contributed by atoms with Gasteiger partial charge in [0.05, 0.1) is 11.3 Å². The lowest BCUT2D eigenvalue weighted by Crippen LogP contribution is -2.33. The summed E-state index contributed by atoms with van der Waals surface area (Å²) in [6.45, 7) is 6.63. The van der Waals surface area contributed by atoms with Crippen LogP contribution in [0.25, 0.3) is 0 Å². The molecule has 0 bridgehead atoms. The molecule has 0 aromatic heterocycles. The third kappa shape index (κ3) is 3.69. The summed E-state index contributed by atoms with van der Waals surface area (Å²) in [5, 5.41) is 2.67. The number of carbonyl (C=O) groups excluding carboxylic acids is 1. The third-order valence-corrected chi connectivity index (χ3v) is 3.91. The van der Waals surface area contributed by atoms with Gasteiger partial charge in [-0.3, -0.25) is 4.79 Å². The van der Waals surface area contributed by atoms with Crippen molar-refractivity contribution in [3.05, 3.63) is 29.3 Å². The fourth-order valence-electron chi connectivity index (χ4n) is 2.61. The lowest BCUT2D eigenvalue weighted by Gasteiger charge is -2.20. The van der Waals surface area contributed by atoms with Crippen molar-refractivity contribution >= 4 is 11.6 Å². The van der Waals surface area contributed by atoms with Crippen molar-refractivity contribution in [3.8, 4) is 0 Å². The van der Waals surface area contributed by atoms with Gasteiger partial charge in [-0.15, -0.1) is 0 Å². The summed E-state index contributed by atoms with van der Waals surface area (Å²) in [7, 11) is 0. The number of carbonyl (C=O) groups is 1. The first-order valence-corrected chi connectivity index (χ1v) is 7.15. The lowest BCUT2D eigenvalue weighted by atomic mass is 10.1. The van der Waals surface area contributed by atoms with E-state index in [1.54, 1.807) is 0 Å². The highest BCUT2D eigenvalue weighted by atomic mass is 19.1. The molecule has 1 unspecified atom stereocenters. The summed E-state index contributed by atoms with van der Waals surface area (Å²) in [6, 6.07) is 2.21. The Kier molecular flexibility index (Phi) is 4.77. The van der Waals surface area contributed by atoms with Crippen LogP contribution in [0.5, 0.6) is 0 Å². The number of hydrogen-bond acceptors (Lipinski definition) is 3. The number of amides is 1. The zero-order valence-corrected chi connectivity index (χ0v) is 12.3. The van der Waals surface area contributed by atoms with E-state index in [4.69, 9.17) is 5.73 Å². The van der Waals surface area contributed by atoms with E-state index in [2.05, 4.69) is 24.1 Å². The minimum absolute atomic E-state index is 0.338. The van der Waals surface area contributed by atoms with Gasteiger partial charge in [-0.05, 0) is 44.9 Å². The number of rotatable bonds is 4. The van der Waals surface area contributed by atoms with Gasteiger partial charge in [0, 0.05) is 19.1 Å². The molecular weight excluding hydrogens is 276 g/mol. The normalized spacial score (nSPS) is 19.2. The molecule has 1 aliphatic heterocycles. The Morgan fingerprint density at radius 1 is 1.48 bits per heavy atom. The lowest BCUT2D eigenvalue weighted by molar-refractivity contribution is 0.0942. The molecule has 1 saturated heterocycles. The molecule has 1 atom stereocenters. The molecule has 21 heavy (non-hydrogen) atoms. The topological polar surface area (TPSA) is 58.4 Å². The van der Waals surface area contributed by atoms with Gasteiger partial charge in [-0.25, -0.2) is 8.78 Å². The Balaban J connectivity index is 1.94. The number of nitrogens with two attached hydrogens (primary N) is 1. The van der Waals surface area contributed by atoms with Crippen molar-refractivity contribution in [3.63, 3.8) is 0 Å². The minimum atomic E-state index is -0.871. The highest BCUT2D eigenvalue weighted by Gasteiger charge is 2.25. The van der Waals surface area contributed by atoms with Crippen LogP contribution >= 0.6 is 0 Å². The summed E-state index contributed by atoms with van der Waals surface area (Å²) in [6.07, 6.45) is 0.992. The predicted molar refractivity (Wildman–Crippen MR) is 77.9 cm³/mol. The second-order valence-electron chi connectivity index (χ2n) is 5.81. The van der Waals surface area contributed by atoms with E-state index >= 15 is 0 Å². The fraction of sp³-hybridized carbons (Fsp3) is 0.533. The monoisotopic (exact) mass is 297 g/mol. The fourth-order valence-corrected chi connectivity index (χ4v) is 2.61. The van der Waals surface area contributed by atoms with Gasteiger partial charge in [0.15, 0.2) is 5.82 Å². The summed E-state index contributed by atoms with van der Waals surface area (Å²) in [5.41, 5.74) is 4.63. The molecule has 1 fully saturated rings. The zero-order chi connectivity index (χ0) is 15.6. The highest BCUT2D eigenvalue weighted by molar-refractivity contribution is 5.95. The van der Waals surface area contributed by atoms with E-state index in [1.165, 1.54) is 0 Å². The maximum Gasteiger partial charge on any atom is 0.254 e. The van der Waals surface area contributed by atoms with Crippen LogP contribution in [0, 0.1) is 17.6 Å². The molecule has 116 valence electrons. The molecule has 6 heteroatoms. The number of anilines is 1. The van der Waals surface area contributed by atoms with Crippen LogP contribution in [-0.4, -0.2) is 36.5 Å². The Hall–Kier alpha value is -1.69. The van der Waals surface area contributed by atoms with E-state index in [0.29, 0.717) is 18.5 Å². The van der Waals surface area contributed by atoms with Gasteiger partial charge in [-0.2, -0.15) is 0 Å². The molecule has 3 N–H and O–H groups in total. The maximum atomic E-state index is 13.7. The van der Waals surface area contributed by atoms with E-state index < -0.39 is 17.5 Å². The number of likely N-dealkylation sites (tertiary alicyclic amines) is 1. The summed E-state index contributed by atoms with van der Waals surface area (Å²) >= 11 is 0. The van der Waals surface area contributed by atoms with Crippen LogP contribution in [0.1, 0.15) is 30.6 Å². The highest BCUT2D eigenvalue weighted by Crippen LogP contribution is 2.19. The van der Waals surface area contributed by atoms with Gasteiger partial charge in [0.1, 0.15) is 5.82 Å². The SMILES string of the molecule is CC(C)N1CCC(CNC(=O)c2cc(F)cc(N)c2F)C1. The van der Waals surface area contributed by atoms with Crippen LogP contribution < -0.4 is 11.1 Å². The standard InChI is InChI=1S/C15H21F2N3O/c1-9(2)20-4-3-10(8-20)7-19-15(21)12-5-11(16)6-13(18)14(12)17/h5-6,9-10H,3-4,7-8,18H2,1-2H3,(H,19,21). The van der Waals surface area contributed by atoms with E-state index in [-0.39, 0.29) is 11.3 Å².